The van der Waals surface area contributed by atoms with Crippen molar-refractivity contribution in [3.05, 3.63) is 76.7 Å². The molecular formula is C20H17ClN4O3. The van der Waals surface area contributed by atoms with E-state index >= 15 is 0 Å². The number of rotatable bonds is 6. The van der Waals surface area contributed by atoms with Gasteiger partial charge in [0, 0.05) is 18.1 Å². The number of nitrogens with one attached hydrogen (secondary N) is 2. The highest BCUT2D eigenvalue weighted by Crippen LogP contribution is 2.32. The minimum absolute atomic E-state index is 0.221. The van der Waals surface area contributed by atoms with Gasteiger partial charge in [-0.05, 0) is 35.4 Å². The number of hydrogen-bond acceptors (Lipinski definition) is 6. The van der Waals surface area contributed by atoms with Crippen LogP contribution < -0.4 is 20.1 Å². The molecule has 2 N–H and O–H groups in total. The first-order chi connectivity index (χ1) is 13.7. The quantitative estimate of drug-likeness (QED) is 0.664. The number of carbonyl (C=O) groups is 1. The number of carbonyl (C=O) groups excluding carboxylic acids is 1. The third-order valence-electron chi connectivity index (χ3n) is 4.16. The maximum atomic E-state index is 12.3. The lowest BCUT2D eigenvalue weighted by Gasteiger charge is -2.08. The van der Waals surface area contributed by atoms with E-state index in [2.05, 4.69) is 20.6 Å². The molecule has 0 radical (unpaired) electrons. The maximum Gasteiger partial charge on any atom is 0.271 e. The molecule has 0 saturated carbocycles. The molecule has 1 amide bonds. The fourth-order valence-electron chi connectivity index (χ4n) is 2.66. The summed E-state index contributed by atoms with van der Waals surface area (Å²) in [7, 11) is 0. The summed E-state index contributed by atoms with van der Waals surface area (Å²) in [5.74, 6) is 1.68. The first-order valence-electron chi connectivity index (χ1n) is 8.64. The number of anilines is 1. The van der Waals surface area contributed by atoms with Crippen LogP contribution in [0, 0.1) is 0 Å². The van der Waals surface area contributed by atoms with Gasteiger partial charge in [-0.2, -0.15) is 0 Å². The Labute approximate surface area is 166 Å². The van der Waals surface area contributed by atoms with Crippen LogP contribution in [0.25, 0.3) is 0 Å². The van der Waals surface area contributed by atoms with Crippen LogP contribution in [0.1, 0.15) is 21.6 Å². The third kappa shape index (κ3) is 4.32. The van der Waals surface area contributed by atoms with Crippen molar-refractivity contribution < 1.29 is 14.3 Å². The molecule has 0 fully saturated rings. The van der Waals surface area contributed by atoms with Crippen molar-refractivity contribution in [3.8, 4) is 11.5 Å². The third-order valence-corrected chi connectivity index (χ3v) is 4.41. The Balaban J connectivity index is 1.30. The normalized spacial score (nSPS) is 11.9. The molecule has 2 aromatic carbocycles. The highest BCUT2D eigenvalue weighted by Gasteiger charge is 2.14. The number of fused-ring (bicyclic) bond motifs is 1. The summed E-state index contributed by atoms with van der Waals surface area (Å²) in [6.07, 6.45) is 2.98. The topological polar surface area (TPSA) is 85.4 Å². The smallest absolute Gasteiger partial charge is 0.271 e. The van der Waals surface area contributed by atoms with Gasteiger partial charge < -0.3 is 20.1 Å². The zero-order chi connectivity index (χ0) is 19.3. The van der Waals surface area contributed by atoms with Gasteiger partial charge in [-0.15, -0.1) is 0 Å². The van der Waals surface area contributed by atoms with E-state index in [1.165, 1.54) is 12.4 Å². The number of halogens is 1. The van der Waals surface area contributed by atoms with Gasteiger partial charge in [-0.1, -0.05) is 29.8 Å². The van der Waals surface area contributed by atoms with Crippen molar-refractivity contribution in [2.45, 2.75) is 13.1 Å². The van der Waals surface area contributed by atoms with Crippen LogP contribution >= 0.6 is 11.6 Å². The van der Waals surface area contributed by atoms with E-state index in [-0.39, 0.29) is 18.4 Å². The summed E-state index contributed by atoms with van der Waals surface area (Å²) in [6.45, 7) is 1.16. The molecule has 1 aromatic heterocycles. The average molecular weight is 397 g/mol. The molecule has 0 aliphatic carbocycles. The van der Waals surface area contributed by atoms with Crippen molar-refractivity contribution in [3.63, 3.8) is 0 Å². The monoisotopic (exact) mass is 396 g/mol. The summed E-state index contributed by atoms with van der Waals surface area (Å²) in [4.78, 5) is 20.7. The number of amides is 1. The van der Waals surface area contributed by atoms with Gasteiger partial charge >= 0.3 is 0 Å². The Kier molecular flexibility index (Phi) is 5.25. The lowest BCUT2D eigenvalue weighted by Crippen LogP contribution is -2.24. The van der Waals surface area contributed by atoms with E-state index in [0.29, 0.717) is 35.4 Å². The summed E-state index contributed by atoms with van der Waals surface area (Å²) in [5, 5.41) is 6.67. The maximum absolute atomic E-state index is 12.3. The number of aromatic nitrogens is 2. The number of nitrogens with zero attached hydrogens (tertiary/aromatic N) is 2. The van der Waals surface area contributed by atoms with Crippen molar-refractivity contribution >= 4 is 23.3 Å². The minimum atomic E-state index is -0.297. The largest absolute Gasteiger partial charge is 0.454 e. The van der Waals surface area contributed by atoms with Crippen LogP contribution in [-0.4, -0.2) is 22.7 Å². The molecular weight excluding hydrogens is 380 g/mol. The van der Waals surface area contributed by atoms with Gasteiger partial charge in [-0.3, -0.25) is 4.79 Å². The van der Waals surface area contributed by atoms with E-state index in [4.69, 9.17) is 21.1 Å². The lowest BCUT2D eigenvalue weighted by molar-refractivity contribution is 0.0945. The van der Waals surface area contributed by atoms with Gasteiger partial charge in [0.25, 0.3) is 5.91 Å². The highest BCUT2D eigenvalue weighted by molar-refractivity contribution is 6.30. The molecule has 1 aliphatic heterocycles. The summed E-state index contributed by atoms with van der Waals surface area (Å²) >= 11 is 5.87. The second-order valence-electron chi connectivity index (χ2n) is 6.14. The SMILES string of the molecule is O=C(NCc1ccc2c(c1)OCO2)c1cnc(NCc2ccc(Cl)cc2)cn1. The van der Waals surface area contributed by atoms with E-state index < -0.39 is 0 Å². The van der Waals surface area contributed by atoms with Crippen LogP contribution in [0.5, 0.6) is 11.5 Å². The summed E-state index contributed by atoms with van der Waals surface area (Å²) in [6, 6.07) is 13.1. The van der Waals surface area contributed by atoms with Gasteiger partial charge in [0.2, 0.25) is 6.79 Å². The average Bonchev–Trinajstić information content (AvgIpc) is 3.20. The molecule has 3 aromatic rings. The van der Waals surface area contributed by atoms with E-state index in [9.17, 15) is 4.79 Å². The number of benzene rings is 2. The Morgan fingerprint density at radius 2 is 1.75 bits per heavy atom. The fraction of sp³-hybridized carbons (Fsp3) is 0.150. The van der Waals surface area contributed by atoms with E-state index in [1.54, 1.807) is 0 Å². The second kappa shape index (κ2) is 8.14. The van der Waals surface area contributed by atoms with Crippen molar-refractivity contribution in [2.75, 3.05) is 12.1 Å². The first-order valence-corrected chi connectivity index (χ1v) is 9.02. The predicted molar refractivity (Wildman–Crippen MR) is 105 cm³/mol. The lowest BCUT2D eigenvalue weighted by atomic mass is 10.2. The zero-order valence-corrected chi connectivity index (χ0v) is 15.6. The molecule has 0 bridgehead atoms. The van der Waals surface area contributed by atoms with Crippen molar-refractivity contribution in [2.24, 2.45) is 0 Å². The molecule has 142 valence electrons. The van der Waals surface area contributed by atoms with Crippen LogP contribution in [-0.2, 0) is 13.1 Å². The Bertz CT molecular complexity index is 978. The molecule has 8 heteroatoms. The Morgan fingerprint density at radius 1 is 0.964 bits per heavy atom. The van der Waals surface area contributed by atoms with Gasteiger partial charge in [0.15, 0.2) is 11.5 Å². The molecule has 0 unspecified atom stereocenters. The predicted octanol–water partition coefficient (Wildman–Crippen LogP) is 3.40. The first kappa shape index (κ1) is 18.1. The Hall–Kier alpha value is -3.32. The second-order valence-corrected chi connectivity index (χ2v) is 6.57. The van der Waals surface area contributed by atoms with Gasteiger partial charge in [-0.25, -0.2) is 9.97 Å². The molecule has 7 nitrogen and oxygen atoms in total. The molecule has 28 heavy (non-hydrogen) atoms. The minimum Gasteiger partial charge on any atom is -0.454 e. The molecule has 0 saturated heterocycles. The van der Waals surface area contributed by atoms with Crippen LogP contribution in [0.4, 0.5) is 5.82 Å². The molecule has 2 heterocycles. The molecule has 0 atom stereocenters. The summed E-state index contributed by atoms with van der Waals surface area (Å²) < 4.78 is 10.6. The van der Waals surface area contributed by atoms with Gasteiger partial charge in [0.05, 0.1) is 12.4 Å². The number of hydrogen-bond donors (Lipinski definition) is 2. The Morgan fingerprint density at radius 3 is 2.54 bits per heavy atom. The van der Waals surface area contributed by atoms with Gasteiger partial charge in [0.1, 0.15) is 11.5 Å². The van der Waals surface area contributed by atoms with Crippen LogP contribution in [0.2, 0.25) is 5.02 Å². The summed E-state index contributed by atoms with van der Waals surface area (Å²) in [5.41, 5.74) is 2.22. The van der Waals surface area contributed by atoms with Crippen molar-refractivity contribution in [1.82, 2.24) is 15.3 Å². The standard InChI is InChI=1S/C20H17ClN4O3/c21-15-4-1-13(2-5-15)8-23-19-11-22-16(10-24-19)20(26)25-9-14-3-6-17-18(7-14)28-12-27-17/h1-7,10-11H,8-9,12H2,(H,23,24)(H,25,26). The molecule has 4 rings (SSSR count). The van der Waals surface area contributed by atoms with Crippen LogP contribution in [0.3, 0.4) is 0 Å². The molecule has 0 spiro atoms. The van der Waals surface area contributed by atoms with E-state index in [0.717, 1.165) is 11.1 Å². The zero-order valence-electron chi connectivity index (χ0n) is 14.8. The van der Waals surface area contributed by atoms with Crippen molar-refractivity contribution in [1.29, 1.82) is 0 Å². The number of ether oxygens (including phenoxy) is 2. The fourth-order valence-corrected chi connectivity index (χ4v) is 2.78. The molecule has 1 aliphatic rings. The van der Waals surface area contributed by atoms with Crippen LogP contribution in [0.15, 0.2) is 54.9 Å². The highest BCUT2D eigenvalue weighted by atomic mass is 35.5. The van der Waals surface area contributed by atoms with E-state index in [1.807, 2.05) is 42.5 Å².